The maximum Gasteiger partial charge on any atom is 0.331 e. The predicted octanol–water partition coefficient (Wildman–Crippen LogP) is 2.25. The smallest absolute Gasteiger partial charge is 0.331 e. The van der Waals surface area contributed by atoms with Crippen molar-refractivity contribution in [3.8, 4) is 34.5 Å². The molecule has 23 nitrogen and oxygen atoms in total. The van der Waals surface area contributed by atoms with Gasteiger partial charge in [-0.1, -0.05) is 18.2 Å². The maximum atomic E-state index is 13.7. The van der Waals surface area contributed by atoms with Crippen LogP contribution < -0.4 is 14.2 Å². The van der Waals surface area contributed by atoms with Gasteiger partial charge in [0, 0.05) is 39.0 Å². The zero-order valence-electron chi connectivity index (χ0n) is 39.0. The van der Waals surface area contributed by atoms with Gasteiger partial charge in [0.05, 0.1) is 21.3 Å². The average Bonchev–Trinajstić information content (AvgIpc) is 3.58. The molecule has 0 radical (unpaired) electrons. The number of aromatic hydroxyl groups is 3. The first-order valence-corrected chi connectivity index (χ1v) is 21.3. The molecule has 2 fully saturated rings. The van der Waals surface area contributed by atoms with E-state index in [1.54, 1.807) is 0 Å². The van der Waals surface area contributed by atoms with Gasteiger partial charge < -0.3 is 82.4 Å². The van der Waals surface area contributed by atoms with Crippen LogP contribution in [0.3, 0.4) is 0 Å². The molecule has 0 amide bonds. The molecule has 5 rings (SSSR count). The Bertz CT molecular complexity index is 2500. The Morgan fingerprint density at radius 2 is 1.01 bits per heavy atom. The largest absolute Gasteiger partial charge is 0.504 e. The van der Waals surface area contributed by atoms with Gasteiger partial charge in [-0.15, -0.1) is 0 Å². The van der Waals surface area contributed by atoms with Crippen molar-refractivity contribution in [2.24, 2.45) is 0 Å². The minimum Gasteiger partial charge on any atom is -0.504 e. The molecule has 0 aliphatic carbocycles. The molecule has 2 heterocycles. The molecule has 3 aromatic carbocycles. The van der Waals surface area contributed by atoms with E-state index < -0.39 is 110 Å². The van der Waals surface area contributed by atoms with Crippen LogP contribution in [-0.4, -0.2) is 157 Å². The molecule has 0 bridgehead atoms. The minimum atomic E-state index is -2.77. The lowest BCUT2D eigenvalue weighted by molar-refractivity contribution is -0.384. The summed E-state index contributed by atoms with van der Waals surface area (Å²) in [5, 5.41) is 53.6. The first kappa shape index (κ1) is 54.2. The lowest BCUT2D eigenvalue weighted by Crippen LogP contribution is -2.65. The van der Waals surface area contributed by atoms with E-state index in [-0.39, 0.29) is 34.5 Å². The molecule has 2 aliphatic heterocycles. The molecule has 382 valence electrons. The van der Waals surface area contributed by atoms with E-state index in [4.69, 9.17) is 56.8 Å². The van der Waals surface area contributed by atoms with Gasteiger partial charge in [-0.05, 0) is 71.3 Å². The number of hydrogen-bond donors (Lipinski definition) is 5. The fourth-order valence-electron chi connectivity index (χ4n) is 7.04. The number of esters is 6. The number of carbonyl (C=O) groups is 6. The number of carbonyl (C=O) groups excluding carboxylic acids is 6. The highest BCUT2D eigenvalue weighted by molar-refractivity contribution is 5.88. The van der Waals surface area contributed by atoms with Crippen LogP contribution in [0.4, 0.5) is 0 Å². The monoisotopic (exact) mass is 996 g/mol. The second-order valence-electron chi connectivity index (χ2n) is 15.4. The van der Waals surface area contributed by atoms with Crippen LogP contribution in [0.2, 0.25) is 0 Å². The van der Waals surface area contributed by atoms with Crippen molar-refractivity contribution in [3.63, 3.8) is 0 Å². The second kappa shape index (κ2) is 24.7. The van der Waals surface area contributed by atoms with E-state index in [2.05, 4.69) is 0 Å². The van der Waals surface area contributed by atoms with Crippen LogP contribution in [-0.2, 0) is 71.4 Å². The fraction of sp³-hybridized carbons (Fsp3) is 0.375. The Morgan fingerprint density at radius 3 is 1.48 bits per heavy atom. The Morgan fingerprint density at radius 1 is 0.563 bits per heavy atom. The summed E-state index contributed by atoms with van der Waals surface area (Å²) in [6, 6.07) is 12.5. The van der Waals surface area contributed by atoms with Crippen LogP contribution in [0.1, 0.15) is 37.5 Å². The number of methoxy groups -OCH3 is 3. The van der Waals surface area contributed by atoms with Gasteiger partial charge in [0.25, 0.3) is 0 Å². The number of benzene rings is 3. The van der Waals surface area contributed by atoms with E-state index in [0.717, 1.165) is 39.0 Å². The molecule has 9 unspecified atom stereocenters. The van der Waals surface area contributed by atoms with Crippen LogP contribution in [0.25, 0.3) is 18.2 Å². The van der Waals surface area contributed by atoms with Crippen molar-refractivity contribution < 1.29 is 111 Å². The number of rotatable bonds is 20. The molecule has 0 spiro atoms. The van der Waals surface area contributed by atoms with Crippen LogP contribution >= 0.6 is 0 Å². The normalized spacial score (nSPS) is 24.0. The van der Waals surface area contributed by atoms with Crippen molar-refractivity contribution in [1.29, 1.82) is 0 Å². The first-order chi connectivity index (χ1) is 33.8. The van der Waals surface area contributed by atoms with Gasteiger partial charge >= 0.3 is 35.8 Å². The lowest BCUT2D eigenvalue weighted by atomic mass is 9.98. The van der Waals surface area contributed by atoms with Crippen LogP contribution in [0.15, 0.2) is 72.8 Å². The number of phenols is 3. The lowest BCUT2D eigenvalue weighted by Gasteiger charge is -2.45. The van der Waals surface area contributed by atoms with Crippen LogP contribution in [0, 0.1) is 0 Å². The van der Waals surface area contributed by atoms with Crippen molar-refractivity contribution in [3.05, 3.63) is 89.5 Å². The molecule has 9 atom stereocenters. The summed E-state index contributed by atoms with van der Waals surface area (Å²) in [7, 11) is 3.94. The molecule has 23 heteroatoms. The Labute approximate surface area is 405 Å². The highest BCUT2D eigenvalue weighted by Crippen LogP contribution is 2.40. The molecule has 0 saturated carbocycles. The number of ether oxygens (including phenoxy) is 12. The molecule has 0 aromatic heterocycles. The van der Waals surface area contributed by atoms with Crippen molar-refractivity contribution in [2.45, 2.75) is 75.6 Å². The molecular formula is C48H52O23. The zero-order chi connectivity index (χ0) is 52.0. The molecule has 71 heavy (non-hydrogen) atoms. The van der Waals surface area contributed by atoms with Gasteiger partial charge in [-0.25, -0.2) is 14.4 Å². The van der Waals surface area contributed by atoms with E-state index in [0.29, 0.717) is 16.7 Å². The number of phenolic OH excluding ortho intramolecular Hbond substituents is 3. The van der Waals surface area contributed by atoms with E-state index in [1.807, 2.05) is 0 Å². The van der Waals surface area contributed by atoms with Crippen LogP contribution in [0.5, 0.6) is 34.5 Å². The highest BCUT2D eigenvalue weighted by Gasteiger charge is 2.63. The minimum absolute atomic E-state index is 0.0583. The van der Waals surface area contributed by atoms with Crippen molar-refractivity contribution >= 4 is 54.0 Å². The number of hydrogen-bond acceptors (Lipinski definition) is 23. The first-order valence-electron chi connectivity index (χ1n) is 21.3. The third-order valence-electron chi connectivity index (χ3n) is 10.4. The molecule has 5 N–H and O–H groups in total. The Hall–Kier alpha value is -7.70. The van der Waals surface area contributed by atoms with Crippen molar-refractivity contribution in [2.75, 3.05) is 41.2 Å². The maximum absolute atomic E-state index is 13.7. The van der Waals surface area contributed by atoms with Gasteiger partial charge in [-0.3, -0.25) is 14.4 Å². The SMILES string of the molecule is COc1cc(C=CC(=O)OCC2OC(COC(=O)C=Cc3ccc(O)c(OC)c3)(OC3OC(COC(C)=O)C(OC(C)=O)C(O)C3OC(C)=O)C(OC(=O)C=Cc3ccc(O)c(OC)c3)C2O)ccc1O. The highest BCUT2D eigenvalue weighted by atomic mass is 16.8. The topological polar surface area (TPSA) is 314 Å². The summed E-state index contributed by atoms with van der Waals surface area (Å²) in [5.74, 6) is -9.16. The Balaban J connectivity index is 1.56. The van der Waals surface area contributed by atoms with Crippen molar-refractivity contribution in [1.82, 2.24) is 0 Å². The van der Waals surface area contributed by atoms with Gasteiger partial charge in [-0.2, -0.15) is 0 Å². The average molecular weight is 997 g/mol. The summed E-state index contributed by atoms with van der Waals surface area (Å²) >= 11 is 0. The van der Waals surface area contributed by atoms with Gasteiger partial charge in [0.15, 0.2) is 52.8 Å². The Kier molecular flexibility index (Phi) is 18.9. The quantitative estimate of drug-likeness (QED) is 0.0616. The van der Waals surface area contributed by atoms with Gasteiger partial charge in [0.1, 0.15) is 44.2 Å². The zero-order valence-corrected chi connectivity index (χ0v) is 39.0. The van der Waals surface area contributed by atoms with Gasteiger partial charge in [0.2, 0.25) is 12.1 Å². The molecule has 2 saturated heterocycles. The summed E-state index contributed by atoms with van der Waals surface area (Å²) in [6.45, 7) is 0.383. The summed E-state index contributed by atoms with van der Waals surface area (Å²) in [4.78, 5) is 77.0. The van der Waals surface area contributed by atoms with E-state index in [1.165, 1.54) is 94.2 Å². The third kappa shape index (κ3) is 14.7. The molecular weight excluding hydrogens is 945 g/mol. The number of aliphatic hydroxyl groups is 2. The van der Waals surface area contributed by atoms with E-state index in [9.17, 15) is 54.3 Å². The molecule has 2 aliphatic rings. The summed E-state index contributed by atoms with van der Waals surface area (Å²) in [5.41, 5.74) is 1.09. The molecule has 3 aromatic rings. The van der Waals surface area contributed by atoms with E-state index >= 15 is 0 Å². The summed E-state index contributed by atoms with van der Waals surface area (Å²) in [6.07, 6.45) is -8.48. The fourth-order valence-corrected chi connectivity index (χ4v) is 7.04. The number of aliphatic hydroxyl groups excluding tert-OH is 2. The standard InChI is InChI=1S/C48H52O23/c1-25(49)63-23-38-44(66-26(2)50)43(59)45(67-27(3)51)47(68-38)71-48(24-65-40(56)17-11-29-8-14-32(53)35(20-29)61-5)46(69-41(57)18-12-30-9-15-33(54)36(21-30)62-6)42(58)37(70-48)22-64-39(55)16-10-28-7-13-31(52)34(19-28)60-4/h7-21,37-38,42-47,52-54,58-59H,22-24H2,1-6H3. The predicted molar refractivity (Wildman–Crippen MR) is 240 cm³/mol. The second-order valence-corrected chi connectivity index (χ2v) is 15.4. The summed E-state index contributed by atoms with van der Waals surface area (Å²) < 4.78 is 66.5. The third-order valence-corrected chi connectivity index (χ3v) is 10.4.